The first-order valence-corrected chi connectivity index (χ1v) is 9.66. The van der Waals surface area contributed by atoms with Crippen LogP contribution in [0.1, 0.15) is 19.1 Å². The molecule has 0 radical (unpaired) electrons. The maximum atomic E-state index is 14.8. The van der Waals surface area contributed by atoms with E-state index in [4.69, 9.17) is 18.7 Å². The molecule has 2 aliphatic heterocycles. The van der Waals surface area contributed by atoms with Crippen LogP contribution in [-0.4, -0.2) is 57.9 Å². The van der Waals surface area contributed by atoms with Crippen molar-refractivity contribution in [3.63, 3.8) is 0 Å². The fourth-order valence-corrected chi connectivity index (χ4v) is 3.36. The Labute approximate surface area is 179 Å². The number of hydrogen-bond donors (Lipinski definition) is 1. The quantitative estimate of drug-likeness (QED) is 0.538. The second-order valence-corrected chi connectivity index (χ2v) is 7.08. The Bertz CT molecular complexity index is 1160. The summed E-state index contributed by atoms with van der Waals surface area (Å²) < 4.78 is 37.1. The monoisotopic (exact) mass is 444 g/mol. The zero-order chi connectivity index (χ0) is 22.2. The standard InChI is InChI=1S/C19H17FN6O6/c1-10-29-18(30-10)17-23-16(24-32-17)11-5-22-26(7-11)15-3-2-12(4-14(15)20)25-8-13(6-21-9-27)31-19(25)28/h2-5,7,9-10,13,18H,6,8H2,1H3,(H,21,27)/t10?,13-,18?/m0/s1. The highest BCUT2D eigenvalue weighted by atomic mass is 19.1. The molecule has 5 rings (SSSR count). The van der Waals surface area contributed by atoms with E-state index in [1.807, 2.05) is 0 Å². The van der Waals surface area contributed by atoms with Crippen LogP contribution in [0.4, 0.5) is 14.9 Å². The molecule has 2 fully saturated rings. The molecule has 1 atom stereocenters. The molecule has 1 N–H and O–H groups in total. The number of amides is 2. The van der Waals surface area contributed by atoms with Gasteiger partial charge in [-0.3, -0.25) is 9.69 Å². The van der Waals surface area contributed by atoms with Crippen molar-refractivity contribution in [2.24, 2.45) is 0 Å². The lowest BCUT2D eigenvalue weighted by atomic mass is 10.2. The van der Waals surface area contributed by atoms with Crippen molar-refractivity contribution in [3.05, 3.63) is 42.3 Å². The highest BCUT2D eigenvalue weighted by molar-refractivity contribution is 5.89. The second kappa shape index (κ2) is 8.01. The van der Waals surface area contributed by atoms with E-state index in [0.717, 1.165) is 0 Å². The Hall–Kier alpha value is -3.84. The molecule has 32 heavy (non-hydrogen) atoms. The fourth-order valence-electron chi connectivity index (χ4n) is 3.36. The van der Waals surface area contributed by atoms with Gasteiger partial charge in [0.05, 0.1) is 30.5 Å². The first-order valence-electron chi connectivity index (χ1n) is 9.66. The van der Waals surface area contributed by atoms with Crippen LogP contribution in [0.5, 0.6) is 0 Å². The van der Waals surface area contributed by atoms with E-state index in [9.17, 15) is 14.0 Å². The van der Waals surface area contributed by atoms with E-state index in [1.165, 1.54) is 27.9 Å². The van der Waals surface area contributed by atoms with Gasteiger partial charge in [-0.1, -0.05) is 5.16 Å². The third-order valence-electron chi connectivity index (χ3n) is 4.91. The lowest BCUT2D eigenvalue weighted by molar-refractivity contribution is -0.389. The van der Waals surface area contributed by atoms with Crippen molar-refractivity contribution in [3.8, 4) is 17.1 Å². The van der Waals surface area contributed by atoms with Gasteiger partial charge >= 0.3 is 6.09 Å². The summed E-state index contributed by atoms with van der Waals surface area (Å²) in [6.07, 6.45) is 1.38. The number of carbonyl (C=O) groups is 2. The zero-order valence-corrected chi connectivity index (χ0v) is 16.7. The summed E-state index contributed by atoms with van der Waals surface area (Å²) in [5.41, 5.74) is 0.995. The van der Waals surface area contributed by atoms with Crippen molar-refractivity contribution in [1.82, 2.24) is 25.2 Å². The Kier molecular flexibility index (Phi) is 5.03. The van der Waals surface area contributed by atoms with Crippen LogP contribution < -0.4 is 10.2 Å². The van der Waals surface area contributed by atoms with Crippen molar-refractivity contribution in [1.29, 1.82) is 0 Å². The second-order valence-electron chi connectivity index (χ2n) is 7.08. The van der Waals surface area contributed by atoms with E-state index < -0.39 is 24.3 Å². The van der Waals surface area contributed by atoms with Gasteiger partial charge in [-0.2, -0.15) is 10.1 Å². The molecule has 166 valence electrons. The number of aromatic nitrogens is 4. The normalized spacial score (nSPS) is 22.5. The number of carbonyl (C=O) groups excluding carboxylic acids is 2. The van der Waals surface area contributed by atoms with E-state index in [1.54, 1.807) is 19.2 Å². The number of halogens is 1. The molecule has 2 aliphatic rings. The van der Waals surface area contributed by atoms with Crippen LogP contribution in [-0.2, 0) is 19.0 Å². The third-order valence-corrected chi connectivity index (χ3v) is 4.91. The summed E-state index contributed by atoms with van der Waals surface area (Å²) in [5, 5.41) is 10.5. The topological polar surface area (TPSA) is 134 Å². The number of benzene rings is 1. The molecule has 1 aromatic carbocycles. The average Bonchev–Trinajstić information content (AvgIpc) is 3.49. The SMILES string of the molecule is CC1OC(c2nc(-c3cnn(-c4ccc(N5C[C@H](CNC=O)OC5=O)cc4F)c3)no2)O1. The third kappa shape index (κ3) is 3.67. The molecule has 4 heterocycles. The fraction of sp³-hybridized carbons (Fsp3) is 0.316. The minimum atomic E-state index is -0.697. The number of nitrogens with zero attached hydrogens (tertiary/aromatic N) is 5. The lowest BCUT2D eigenvalue weighted by Crippen LogP contribution is -2.31. The van der Waals surface area contributed by atoms with Gasteiger partial charge in [0.25, 0.3) is 5.89 Å². The lowest BCUT2D eigenvalue weighted by Gasteiger charge is -2.30. The molecule has 2 saturated heterocycles. The summed E-state index contributed by atoms with van der Waals surface area (Å²) in [4.78, 5) is 28.0. The highest BCUT2D eigenvalue weighted by Gasteiger charge is 2.34. The molecular formula is C19H17FN6O6. The Morgan fingerprint density at radius 2 is 2.19 bits per heavy atom. The summed E-state index contributed by atoms with van der Waals surface area (Å²) in [6.45, 7) is 2.11. The van der Waals surface area contributed by atoms with Gasteiger partial charge in [0.15, 0.2) is 12.1 Å². The average molecular weight is 444 g/mol. The van der Waals surface area contributed by atoms with Crippen LogP contribution in [0.2, 0.25) is 0 Å². The molecular weight excluding hydrogens is 427 g/mol. The molecule has 13 heteroatoms. The molecule has 0 aliphatic carbocycles. The van der Waals surface area contributed by atoms with Gasteiger partial charge in [0.2, 0.25) is 18.5 Å². The van der Waals surface area contributed by atoms with E-state index in [-0.39, 0.29) is 36.8 Å². The minimum Gasteiger partial charge on any atom is -0.442 e. The van der Waals surface area contributed by atoms with Crippen LogP contribution in [0, 0.1) is 5.82 Å². The predicted octanol–water partition coefficient (Wildman–Crippen LogP) is 1.52. The molecule has 3 aromatic rings. The van der Waals surface area contributed by atoms with Gasteiger partial charge in [0, 0.05) is 6.20 Å². The van der Waals surface area contributed by atoms with Crippen LogP contribution in [0.25, 0.3) is 17.1 Å². The first kappa shape index (κ1) is 20.1. The van der Waals surface area contributed by atoms with Crippen LogP contribution >= 0.6 is 0 Å². The Morgan fingerprint density at radius 1 is 1.34 bits per heavy atom. The molecule has 2 aromatic heterocycles. The van der Waals surface area contributed by atoms with Gasteiger partial charge in [0.1, 0.15) is 11.8 Å². The smallest absolute Gasteiger partial charge is 0.414 e. The van der Waals surface area contributed by atoms with Gasteiger partial charge in [-0.25, -0.2) is 13.9 Å². The van der Waals surface area contributed by atoms with Gasteiger partial charge in [-0.05, 0) is 25.1 Å². The maximum absolute atomic E-state index is 14.8. The minimum absolute atomic E-state index is 0.162. The maximum Gasteiger partial charge on any atom is 0.414 e. The molecule has 2 amide bonds. The largest absolute Gasteiger partial charge is 0.442 e. The molecule has 12 nitrogen and oxygen atoms in total. The number of ether oxygens (including phenoxy) is 3. The summed E-state index contributed by atoms with van der Waals surface area (Å²) in [5.74, 6) is -0.163. The van der Waals surface area contributed by atoms with Crippen molar-refractivity contribution in [2.75, 3.05) is 18.0 Å². The van der Waals surface area contributed by atoms with Crippen LogP contribution in [0.3, 0.4) is 0 Å². The van der Waals surface area contributed by atoms with Crippen molar-refractivity contribution < 1.29 is 32.7 Å². The highest BCUT2D eigenvalue weighted by Crippen LogP contribution is 2.31. The summed E-state index contributed by atoms with van der Waals surface area (Å²) in [7, 11) is 0. The van der Waals surface area contributed by atoms with Crippen molar-refractivity contribution in [2.45, 2.75) is 25.6 Å². The summed E-state index contributed by atoms with van der Waals surface area (Å²) in [6, 6.07) is 4.28. The van der Waals surface area contributed by atoms with E-state index >= 15 is 0 Å². The van der Waals surface area contributed by atoms with Gasteiger partial charge < -0.3 is 24.1 Å². The van der Waals surface area contributed by atoms with E-state index in [0.29, 0.717) is 17.7 Å². The number of cyclic esters (lactones) is 1. The van der Waals surface area contributed by atoms with E-state index in [2.05, 4.69) is 20.6 Å². The first-order chi connectivity index (χ1) is 15.5. The summed E-state index contributed by atoms with van der Waals surface area (Å²) >= 11 is 0. The molecule has 0 unspecified atom stereocenters. The zero-order valence-electron chi connectivity index (χ0n) is 16.7. The van der Waals surface area contributed by atoms with Crippen LogP contribution in [0.15, 0.2) is 35.1 Å². The molecule has 0 saturated carbocycles. The predicted molar refractivity (Wildman–Crippen MR) is 103 cm³/mol. The molecule has 0 bridgehead atoms. The number of anilines is 1. The molecule has 0 spiro atoms. The number of nitrogens with one attached hydrogen (secondary N) is 1. The Morgan fingerprint density at radius 3 is 2.94 bits per heavy atom. The number of hydrogen-bond acceptors (Lipinski definition) is 9. The van der Waals surface area contributed by atoms with Crippen molar-refractivity contribution >= 4 is 18.2 Å². The Balaban J connectivity index is 1.32. The number of rotatable bonds is 7. The van der Waals surface area contributed by atoms with Gasteiger partial charge in [-0.15, -0.1) is 0 Å².